The Kier molecular flexibility index (Phi) is 13.2. The molecule has 144 valence electrons. The number of benzene rings is 2. The van der Waals surface area contributed by atoms with Crippen molar-refractivity contribution in [3.8, 4) is 11.1 Å². The van der Waals surface area contributed by atoms with Crippen molar-refractivity contribution < 1.29 is 66.1 Å². The van der Waals surface area contributed by atoms with Gasteiger partial charge in [-0.05, 0) is 28.9 Å². The van der Waals surface area contributed by atoms with Crippen LogP contribution in [0.3, 0.4) is 0 Å². The van der Waals surface area contributed by atoms with Gasteiger partial charge in [0.05, 0.1) is 0 Å². The summed E-state index contributed by atoms with van der Waals surface area (Å²) in [6.07, 6.45) is 1.88. The number of carboxylic acid groups (broad SMARTS) is 1. The van der Waals surface area contributed by atoms with E-state index in [9.17, 15) is 9.59 Å². The molecule has 1 unspecified atom stereocenters. The molecule has 0 spiro atoms. The second-order valence-electron chi connectivity index (χ2n) is 6.31. The molecule has 2 rings (SSSR count). The molecule has 0 radical (unpaired) electrons. The summed E-state index contributed by atoms with van der Waals surface area (Å²) in [4.78, 5) is 22.6. The van der Waals surface area contributed by atoms with E-state index in [1.54, 1.807) is 0 Å². The molecule has 1 atom stereocenters. The van der Waals surface area contributed by atoms with E-state index in [4.69, 9.17) is 5.11 Å². The topological polar surface area (TPSA) is 68.5 Å². The molecule has 0 aromatic heterocycles. The van der Waals surface area contributed by atoms with Crippen LogP contribution in [0.4, 0.5) is 0 Å². The molecule has 0 saturated heterocycles. The Hall–Kier alpha value is -0.474. The van der Waals surface area contributed by atoms with E-state index < -0.39 is 5.97 Å². The molecule has 0 amide bonds. The largest absolute Gasteiger partial charge is 1.00 e. The summed E-state index contributed by atoms with van der Waals surface area (Å²) in [5, 5.41) is 13.5. The molecule has 0 bridgehead atoms. The molecule has 0 heterocycles. The number of thioether (sulfide) groups is 1. The Bertz CT molecular complexity index is 722. The molecule has 0 aliphatic carbocycles. The molecular weight excluding hydrogens is 397 g/mol. The van der Waals surface area contributed by atoms with Gasteiger partial charge < -0.3 is 10.4 Å². The Morgan fingerprint density at radius 3 is 2.25 bits per heavy atom. The maximum absolute atomic E-state index is 11.8. The van der Waals surface area contributed by atoms with Gasteiger partial charge in [-0.25, -0.2) is 0 Å². The van der Waals surface area contributed by atoms with Crippen molar-refractivity contribution in [1.29, 1.82) is 0 Å². The second kappa shape index (κ2) is 14.5. The predicted molar refractivity (Wildman–Crippen MR) is 112 cm³/mol. The van der Waals surface area contributed by atoms with Crippen LogP contribution in [0.2, 0.25) is 0 Å². The van der Waals surface area contributed by atoms with Crippen LogP contribution >= 0.6 is 11.8 Å². The van der Waals surface area contributed by atoms with E-state index in [1.807, 2.05) is 25.1 Å². The number of carbonyl (C=O) groups excluding carboxylic acids is 1. The van der Waals surface area contributed by atoms with Crippen molar-refractivity contribution in [3.05, 3.63) is 65.5 Å². The van der Waals surface area contributed by atoms with Crippen LogP contribution in [0.1, 0.15) is 31.7 Å². The third-order valence-electron chi connectivity index (χ3n) is 4.23. The molecule has 2 aromatic carbocycles. The van der Waals surface area contributed by atoms with Gasteiger partial charge in [-0.1, -0.05) is 79.7 Å². The maximum Gasteiger partial charge on any atom is 1.00 e. The Balaban J connectivity index is 0.00000392. The number of aliphatic carboxylic acids is 1. The van der Waals surface area contributed by atoms with Crippen molar-refractivity contribution in [2.24, 2.45) is 0 Å². The van der Waals surface area contributed by atoms with Gasteiger partial charge in [0.25, 0.3) is 0 Å². The van der Waals surface area contributed by atoms with E-state index in [0.29, 0.717) is 12.8 Å². The minimum atomic E-state index is -0.845. The van der Waals surface area contributed by atoms with Gasteiger partial charge in [0.15, 0.2) is 5.12 Å². The van der Waals surface area contributed by atoms with Gasteiger partial charge in [0, 0.05) is 12.8 Å². The summed E-state index contributed by atoms with van der Waals surface area (Å²) in [7, 11) is 0. The van der Waals surface area contributed by atoms with Crippen molar-refractivity contribution in [3.63, 3.8) is 0 Å². The van der Waals surface area contributed by atoms with Gasteiger partial charge in [0.1, 0.15) is 0 Å². The van der Waals surface area contributed by atoms with Crippen LogP contribution < -0.4 is 51.4 Å². The average molecular weight is 424 g/mol. The fraction of sp³-hybridized carbons (Fsp3) is 0.364. The Morgan fingerprint density at radius 1 is 1.00 bits per heavy atom. The van der Waals surface area contributed by atoms with E-state index in [1.165, 1.54) is 17.3 Å². The van der Waals surface area contributed by atoms with Gasteiger partial charge in [-0.2, -0.15) is 0 Å². The van der Waals surface area contributed by atoms with Crippen LogP contribution in [-0.4, -0.2) is 34.5 Å². The van der Waals surface area contributed by atoms with Crippen LogP contribution in [0.5, 0.6) is 0 Å². The summed E-state index contributed by atoms with van der Waals surface area (Å²) in [5.41, 5.74) is 3.48. The number of carboxylic acids is 1. The van der Waals surface area contributed by atoms with Crippen LogP contribution in [0, 0.1) is 0 Å². The van der Waals surface area contributed by atoms with Crippen LogP contribution in [-0.2, 0) is 16.0 Å². The van der Waals surface area contributed by atoms with Crippen molar-refractivity contribution in [2.75, 3.05) is 12.3 Å². The number of carbonyl (C=O) groups is 2. The third-order valence-corrected chi connectivity index (χ3v) is 5.05. The fourth-order valence-corrected chi connectivity index (χ4v) is 3.44. The molecule has 1 N–H and O–H groups in total. The smallest absolute Gasteiger partial charge is 0.659 e. The average Bonchev–Trinajstić information content (AvgIpc) is 2.67. The standard InChI is InChI=1S/C22H26NO3S.K/c1-2-27-22(26)13-12-20(23-15-14-21(24)25)16-17-8-10-19(11-9-17)18-6-4-3-5-7-18;/h3-11,20H,2,12-16H2,1H3,(H,24,25);/q-1;+1. The minimum absolute atomic E-state index is 0. The molecule has 6 heteroatoms. The van der Waals surface area contributed by atoms with Crippen molar-refractivity contribution in [1.82, 2.24) is 0 Å². The fourth-order valence-electron chi connectivity index (χ4n) is 2.85. The van der Waals surface area contributed by atoms with Gasteiger partial charge in [0.2, 0.25) is 0 Å². The quantitative estimate of drug-likeness (QED) is 0.563. The zero-order valence-electron chi connectivity index (χ0n) is 16.6. The summed E-state index contributed by atoms with van der Waals surface area (Å²) in [6, 6.07) is 18.5. The van der Waals surface area contributed by atoms with Crippen LogP contribution in [0.25, 0.3) is 16.4 Å². The minimum Gasteiger partial charge on any atom is -0.659 e. The normalized spacial score (nSPS) is 11.5. The predicted octanol–water partition coefficient (Wildman–Crippen LogP) is 2.18. The summed E-state index contributed by atoms with van der Waals surface area (Å²) in [5.74, 6) is -0.0667. The molecule has 28 heavy (non-hydrogen) atoms. The number of rotatable bonds is 11. The molecule has 4 nitrogen and oxygen atoms in total. The van der Waals surface area contributed by atoms with Crippen molar-refractivity contribution >= 4 is 22.8 Å². The SMILES string of the molecule is CCSC(=O)CCC(Cc1ccc(-c2ccccc2)cc1)[N-]CCC(=O)O.[K+]. The first-order valence-electron chi connectivity index (χ1n) is 9.27. The van der Waals surface area contributed by atoms with E-state index in [-0.39, 0.29) is 75.5 Å². The molecule has 0 saturated carbocycles. The number of hydrogen-bond donors (Lipinski definition) is 1. The van der Waals surface area contributed by atoms with Gasteiger partial charge in [-0.3, -0.25) is 9.59 Å². The summed E-state index contributed by atoms with van der Waals surface area (Å²) in [6.45, 7) is 2.25. The third kappa shape index (κ3) is 9.83. The molecule has 0 aliphatic rings. The van der Waals surface area contributed by atoms with Crippen LogP contribution in [0.15, 0.2) is 54.6 Å². The Labute approximate surface area is 214 Å². The molecule has 0 fully saturated rings. The van der Waals surface area contributed by atoms with E-state index in [0.717, 1.165) is 23.3 Å². The second-order valence-corrected chi connectivity index (χ2v) is 7.64. The van der Waals surface area contributed by atoms with E-state index >= 15 is 0 Å². The first kappa shape index (κ1) is 25.6. The monoisotopic (exact) mass is 423 g/mol. The summed E-state index contributed by atoms with van der Waals surface area (Å²) >= 11 is 1.33. The van der Waals surface area contributed by atoms with Crippen molar-refractivity contribution in [2.45, 2.75) is 38.6 Å². The zero-order chi connectivity index (χ0) is 19.5. The Morgan fingerprint density at radius 2 is 1.64 bits per heavy atom. The molecule has 2 aromatic rings. The van der Waals surface area contributed by atoms with Gasteiger partial charge >= 0.3 is 57.4 Å². The summed E-state index contributed by atoms with van der Waals surface area (Å²) < 4.78 is 0. The molecular formula is C22H26KNO3S. The first-order chi connectivity index (χ1) is 13.1. The zero-order valence-corrected chi connectivity index (χ0v) is 20.6. The number of nitrogens with zero attached hydrogens (tertiary/aromatic N) is 1. The molecule has 0 aliphatic heterocycles. The maximum atomic E-state index is 11.8. The number of hydrogen-bond acceptors (Lipinski definition) is 3. The first-order valence-corrected chi connectivity index (χ1v) is 10.3. The van der Waals surface area contributed by atoms with Gasteiger partial charge in [-0.15, -0.1) is 12.6 Å². The van der Waals surface area contributed by atoms with E-state index in [2.05, 4.69) is 41.7 Å².